The third-order valence-electron chi connectivity index (χ3n) is 3.74. The quantitative estimate of drug-likeness (QED) is 0.711. The second-order valence-corrected chi connectivity index (χ2v) is 5.47. The Labute approximate surface area is 147 Å². The molecule has 25 heavy (non-hydrogen) atoms. The van der Waals surface area contributed by atoms with Gasteiger partial charge >= 0.3 is 12.5 Å². The first-order chi connectivity index (χ1) is 11.3. The van der Waals surface area contributed by atoms with Crippen LogP contribution in [0.2, 0.25) is 0 Å². The number of ether oxygens (including phenoxy) is 1. The Hall–Kier alpha value is -1.19. The van der Waals surface area contributed by atoms with Gasteiger partial charge in [-0.15, -0.1) is 12.4 Å². The van der Waals surface area contributed by atoms with Gasteiger partial charge in [-0.05, 0) is 17.7 Å². The van der Waals surface area contributed by atoms with E-state index >= 15 is 0 Å². The van der Waals surface area contributed by atoms with Gasteiger partial charge in [-0.25, -0.2) is 8.78 Å². The van der Waals surface area contributed by atoms with Crippen LogP contribution in [0, 0.1) is 0 Å². The van der Waals surface area contributed by atoms with Gasteiger partial charge in [0.15, 0.2) is 0 Å². The highest BCUT2D eigenvalue weighted by Gasteiger charge is 2.44. The SMILES string of the molecule is Cl.FC(F)C[C@H](c1cccc(OC(F)(F)C(F)F)c1)N1CCNCC1. The summed E-state index contributed by atoms with van der Waals surface area (Å²) in [6.07, 6.45) is -11.7. The Balaban J connectivity index is 0.00000312. The van der Waals surface area contributed by atoms with Crippen LogP contribution in [0.1, 0.15) is 18.0 Å². The van der Waals surface area contributed by atoms with Gasteiger partial charge in [-0.3, -0.25) is 4.90 Å². The standard InChI is InChI=1S/C15H18F6N2O.ClH/c16-13(17)9-12(23-6-4-22-5-7-23)10-2-1-3-11(8-10)24-15(20,21)14(18)19;/h1-3,8,12-14,22H,4-7,9H2;1H/t12-;/m1./s1. The molecule has 1 aliphatic heterocycles. The third-order valence-corrected chi connectivity index (χ3v) is 3.74. The number of piperazine rings is 1. The molecule has 0 spiro atoms. The second kappa shape index (κ2) is 9.49. The molecule has 1 atom stereocenters. The zero-order chi connectivity index (χ0) is 17.7. The molecule has 0 aliphatic carbocycles. The van der Waals surface area contributed by atoms with Gasteiger partial charge in [-0.1, -0.05) is 12.1 Å². The summed E-state index contributed by atoms with van der Waals surface area (Å²) in [4.78, 5) is 1.81. The van der Waals surface area contributed by atoms with Gasteiger partial charge < -0.3 is 10.1 Å². The molecule has 1 aromatic rings. The average molecular weight is 393 g/mol. The Morgan fingerprint density at radius 2 is 1.76 bits per heavy atom. The van der Waals surface area contributed by atoms with Crippen LogP contribution in [-0.4, -0.2) is 50.0 Å². The first-order valence-corrected chi connectivity index (χ1v) is 7.47. The smallest absolute Gasteiger partial charge is 0.428 e. The summed E-state index contributed by atoms with van der Waals surface area (Å²) in [5.74, 6) is -0.479. The Morgan fingerprint density at radius 3 is 2.32 bits per heavy atom. The van der Waals surface area contributed by atoms with Gasteiger partial charge in [0.25, 0.3) is 0 Å². The molecule has 1 saturated heterocycles. The zero-order valence-corrected chi connectivity index (χ0v) is 13.9. The highest BCUT2D eigenvalue weighted by atomic mass is 35.5. The van der Waals surface area contributed by atoms with Crippen molar-refractivity contribution in [3.05, 3.63) is 29.8 Å². The van der Waals surface area contributed by atoms with Gasteiger partial charge in [0.05, 0.1) is 0 Å². The normalized spacial score (nSPS) is 17.4. The minimum absolute atomic E-state index is 0. The summed E-state index contributed by atoms with van der Waals surface area (Å²) >= 11 is 0. The average Bonchev–Trinajstić information content (AvgIpc) is 2.53. The highest BCUT2D eigenvalue weighted by molar-refractivity contribution is 5.85. The van der Waals surface area contributed by atoms with Crippen molar-refractivity contribution >= 4 is 12.4 Å². The van der Waals surface area contributed by atoms with Crippen molar-refractivity contribution in [2.45, 2.75) is 31.4 Å². The van der Waals surface area contributed by atoms with E-state index in [4.69, 9.17) is 0 Å². The maximum absolute atomic E-state index is 13.0. The summed E-state index contributed by atoms with van der Waals surface area (Å²) in [6.45, 7) is 2.30. The van der Waals surface area contributed by atoms with Crippen molar-refractivity contribution < 1.29 is 31.1 Å². The molecule has 0 amide bonds. The van der Waals surface area contributed by atoms with Crippen molar-refractivity contribution in [3.8, 4) is 5.75 Å². The molecule has 0 radical (unpaired) electrons. The molecular formula is C15H19ClF6N2O. The Kier molecular flexibility index (Phi) is 8.30. The van der Waals surface area contributed by atoms with Crippen LogP contribution in [0.4, 0.5) is 26.3 Å². The van der Waals surface area contributed by atoms with Crippen LogP contribution in [-0.2, 0) is 0 Å². The predicted octanol–water partition coefficient (Wildman–Crippen LogP) is 3.95. The van der Waals surface area contributed by atoms with Gasteiger partial charge in [0, 0.05) is 38.6 Å². The largest absolute Gasteiger partial charge is 0.461 e. The maximum Gasteiger partial charge on any atom is 0.461 e. The summed E-state index contributed by atoms with van der Waals surface area (Å²) in [6, 6.07) is 4.34. The van der Waals surface area contributed by atoms with Crippen molar-refractivity contribution in [3.63, 3.8) is 0 Å². The minimum Gasteiger partial charge on any atom is -0.428 e. The first-order valence-electron chi connectivity index (χ1n) is 7.47. The highest BCUT2D eigenvalue weighted by Crippen LogP contribution is 2.32. The van der Waals surface area contributed by atoms with E-state index in [1.54, 1.807) is 0 Å². The van der Waals surface area contributed by atoms with Crippen LogP contribution in [0.15, 0.2) is 24.3 Å². The Morgan fingerprint density at radius 1 is 1.12 bits per heavy atom. The number of nitrogens with one attached hydrogen (secondary N) is 1. The molecule has 0 saturated carbocycles. The minimum atomic E-state index is -4.63. The van der Waals surface area contributed by atoms with Gasteiger partial charge in [0.1, 0.15) is 5.75 Å². The summed E-state index contributed by atoms with van der Waals surface area (Å²) in [5, 5.41) is 3.09. The van der Waals surface area contributed by atoms with E-state index in [1.807, 2.05) is 4.90 Å². The van der Waals surface area contributed by atoms with Crippen LogP contribution in [0.5, 0.6) is 5.75 Å². The molecule has 1 aliphatic rings. The fraction of sp³-hybridized carbons (Fsp3) is 0.600. The molecule has 0 bridgehead atoms. The van der Waals surface area contributed by atoms with Crippen LogP contribution in [0.3, 0.4) is 0 Å². The molecule has 10 heteroatoms. The number of alkyl halides is 6. The topological polar surface area (TPSA) is 24.5 Å². The van der Waals surface area contributed by atoms with E-state index in [2.05, 4.69) is 10.1 Å². The number of nitrogens with zero attached hydrogens (tertiary/aromatic N) is 1. The number of rotatable bonds is 7. The molecule has 3 nitrogen and oxygen atoms in total. The van der Waals surface area contributed by atoms with Crippen molar-refractivity contribution in [1.82, 2.24) is 10.2 Å². The summed E-state index contributed by atoms with van der Waals surface area (Å²) < 4.78 is 80.4. The lowest BCUT2D eigenvalue weighted by atomic mass is 10.0. The number of hydrogen-bond donors (Lipinski definition) is 1. The van der Waals surface area contributed by atoms with E-state index < -0.39 is 37.2 Å². The number of hydrogen-bond acceptors (Lipinski definition) is 3. The molecule has 1 aromatic carbocycles. The first kappa shape index (κ1) is 21.9. The van der Waals surface area contributed by atoms with E-state index in [0.29, 0.717) is 31.7 Å². The number of benzene rings is 1. The van der Waals surface area contributed by atoms with Gasteiger partial charge in [-0.2, -0.15) is 17.6 Å². The lowest BCUT2D eigenvalue weighted by Crippen LogP contribution is -2.45. The van der Waals surface area contributed by atoms with Crippen molar-refractivity contribution in [2.75, 3.05) is 26.2 Å². The van der Waals surface area contributed by atoms with Gasteiger partial charge in [0.2, 0.25) is 6.43 Å². The van der Waals surface area contributed by atoms with E-state index in [-0.39, 0.29) is 12.4 Å². The lowest BCUT2D eigenvalue weighted by molar-refractivity contribution is -0.253. The molecule has 1 heterocycles. The monoisotopic (exact) mass is 392 g/mol. The molecule has 2 rings (SSSR count). The van der Waals surface area contributed by atoms with Crippen molar-refractivity contribution in [1.29, 1.82) is 0 Å². The zero-order valence-electron chi connectivity index (χ0n) is 13.1. The molecule has 0 aromatic heterocycles. The van der Waals surface area contributed by atoms with Crippen LogP contribution >= 0.6 is 12.4 Å². The Bertz CT molecular complexity index is 528. The number of halogens is 7. The molecular weight excluding hydrogens is 374 g/mol. The van der Waals surface area contributed by atoms with E-state index in [0.717, 1.165) is 12.1 Å². The molecule has 1 N–H and O–H groups in total. The fourth-order valence-electron chi connectivity index (χ4n) is 2.65. The molecule has 144 valence electrons. The molecule has 1 fully saturated rings. The maximum atomic E-state index is 13.0. The van der Waals surface area contributed by atoms with E-state index in [1.165, 1.54) is 12.1 Å². The third kappa shape index (κ3) is 6.23. The van der Waals surface area contributed by atoms with Crippen LogP contribution < -0.4 is 10.1 Å². The predicted molar refractivity (Wildman–Crippen MR) is 83.1 cm³/mol. The summed E-state index contributed by atoms with van der Waals surface area (Å²) in [5.41, 5.74) is 0.333. The molecule has 0 unspecified atom stereocenters. The van der Waals surface area contributed by atoms with Crippen molar-refractivity contribution in [2.24, 2.45) is 0 Å². The van der Waals surface area contributed by atoms with Crippen LogP contribution in [0.25, 0.3) is 0 Å². The lowest BCUT2D eigenvalue weighted by Gasteiger charge is -2.35. The summed E-state index contributed by atoms with van der Waals surface area (Å²) in [7, 11) is 0. The fourth-order valence-corrected chi connectivity index (χ4v) is 2.65. The van der Waals surface area contributed by atoms with E-state index in [9.17, 15) is 26.3 Å². The second-order valence-electron chi connectivity index (χ2n) is 5.47.